The molecule has 3 nitrogen and oxygen atoms in total. The number of aliphatic imine (C=N–C) groups is 1. The molecule has 0 saturated carbocycles. The molecule has 0 unspecified atom stereocenters. The lowest BCUT2D eigenvalue weighted by Crippen LogP contribution is -2.45. The smallest absolute Gasteiger partial charge is 0.188 e. The molecule has 0 spiro atoms. The van der Waals surface area contributed by atoms with E-state index in [0.29, 0.717) is 11.4 Å². The lowest BCUT2D eigenvalue weighted by atomic mass is 9.92. The molecule has 0 heterocycles. The first-order valence-electron chi connectivity index (χ1n) is 5.18. The third-order valence-electron chi connectivity index (χ3n) is 1.65. The summed E-state index contributed by atoms with van der Waals surface area (Å²) in [6.07, 6.45) is 1.06. The summed E-state index contributed by atoms with van der Waals surface area (Å²) in [5.74, 6) is 0.543. The predicted octanol–water partition coefficient (Wildman–Crippen LogP) is 2.13. The molecule has 0 aromatic rings. The maximum absolute atomic E-state index is 5.73. The Kier molecular flexibility index (Phi) is 4.43. The highest BCUT2D eigenvalue weighted by atomic mass is 15.1. The van der Waals surface area contributed by atoms with Gasteiger partial charge in [-0.3, -0.25) is 4.99 Å². The highest BCUT2D eigenvalue weighted by molar-refractivity contribution is 5.78. The third kappa shape index (κ3) is 9.36. The van der Waals surface area contributed by atoms with Crippen molar-refractivity contribution in [1.29, 1.82) is 0 Å². The Morgan fingerprint density at radius 2 is 1.64 bits per heavy atom. The zero-order valence-corrected chi connectivity index (χ0v) is 10.4. The second-order valence-corrected chi connectivity index (χ2v) is 5.95. The van der Waals surface area contributed by atoms with Gasteiger partial charge in [-0.1, -0.05) is 20.8 Å². The third-order valence-corrected chi connectivity index (χ3v) is 1.65. The van der Waals surface area contributed by atoms with Crippen LogP contribution in [0.15, 0.2) is 4.99 Å². The second-order valence-electron chi connectivity index (χ2n) is 5.95. The molecule has 84 valence electrons. The SMILES string of the molecule is CC(C)(C)CCN=C(N)NC(C)(C)C. The molecule has 0 bridgehead atoms. The highest BCUT2D eigenvalue weighted by Crippen LogP contribution is 2.17. The topological polar surface area (TPSA) is 50.4 Å². The highest BCUT2D eigenvalue weighted by Gasteiger charge is 2.11. The molecule has 0 aromatic heterocycles. The van der Waals surface area contributed by atoms with Crippen LogP contribution in [0.5, 0.6) is 0 Å². The normalized spacial score (nSPS) is 14.3. The minimum atomic E-state index is -0.00465. The molecule has 0 aliphatic rings. The zero-order chi connectivity index (χ0) is 11.4. The van der Waals surface area contributed by atoms with Crippen LogP contribution in [-0.4, -0.2) is 18.0 Å². The molecular formula is C11H25N3. The average Bonchev–Trinajstić information content (AvgIpc) is 1.78. The average molecular weight is 199 g/mol. The molecular weight excluding hydrogens is 174 g/mol. The fourth-order valence-electron chi connectivity index (χ4n) is 0.936. The minimum Gasteiger partial charge on any atom is -0.370 e. The Hall–Kier alpha value is -0.730. The number of rotatable bonds is 2. The van der Waals surface area contributed by atoms with Gasteiger partial charge in [0.2, 0.25) is 0 Å². The van der Waals surface area contributed by atoms with E-state index >= 15 is 0 Å². The van der Waals surface area contributed by atoms with Crippen molar-refractivity contribution in [2.45, 2.75) is 53.5 Å². The van der Waals surface area contributed by atoms with Gasteiger partial charge in [0.05, 0.1) is 0 Å². The number of guanidine groups is 1. The molecule has 0 saturated heterocycles. The van der Waals surface area contributed by atoms with Gasteiger partial charge in [-0.15, -0.1) is 0 Å². The summed E-state index contributed by atoms with van der Waals surface area (Å²) < 4.78 is 0. The van der Waals surface area contributed by atoms with Crippen LogP contribution in [0.1, 0.15) is 48.0 Å². The van der Waals surface area contributed by atoms with E-state index in [2.05, 4.69) is 51.9 Å². The number of nitrogens with one attached hydrogen (secondary N) is 1. The molecule has 0 aliphatic carbocycles. The Balaban J connectivity index is 3.90. The number of hydrogen-bond acceptors (Lipinski definition) is 1. The summed E-state index contributed by atoms with van der Waals surface area (Å²) in [7, 11) is 0. The number of nitrogens with zero attached hydrogens (tertiary/aromatic N) is 1. The molecule has 3 heteroatoms. The van der Waals surface area contributed by atoms with Crippen molar-refractivity contribution in [3.05, 3.63) is 0 Å². The summed E-state index contributed by atoms with van der Waals surface area (Å²) >= 11 is 0. The van der Waals surface area contributed by atoms with Gasteiger partial charge >= 0.3 is 0 Å². The standard InChI is InChI=1S/C11H25N3/c1-10(2,3)7-8-13-9(12)14-11(4,5)6/h7-8H2,1-6H3,(H3,12,13,14). The van der Waals surface area contributed by atoms with Crippen LogP contribution < -0.4 is 11.1 Å². The first kappa shape index (κ1) is 13.3. The molecule has 0 rings (SSSR count). The van der Waals surface area contributed by atoms with Crippen LogP contribution in [0.25, 0.3) is 0 Å². The Morgan fingerprint density at radius 1 is 1.14 bits per heavy atom. The van der Waals surface area contributed by atoms with E-state index in [9.17, 15) is 0 Å². The van der Waals surface area contributed by atoms with E-state index in [-0.39, 0.29) is 5.54 Å². The zero-order valence-electron chi connectivity index (χ0n) is 10.4. The van der Waals surface area contributed by atoms with Gasteiger partial charge in [-0.05, 0) is 32.6 Å². The summed E-state index contributed by atoms with van der Waals surface area (Å²) in [5, 5.41) is 3.13. The molecule has 0 radical (unpaired) electrons. The molecule has 0 aromatic carbocycles. The van der Waals surface area contributed by atoms with Gasteiger partial charge in [0.15, 0.2) is 5.96 Å². The fourth-order valence-corrected chi connectivity index (χ4v) is 0.936. The van der Waals surface area contributed by atoms with E-state index in [1.807, 2.05) is 0 Å². The van der Waals surface area contributed by atoms with E-state index in [0.717, 1.165) is 13.0 Å². The van der Waals surface area contributed by atoms with Gasteiger partial charge in [0.1, 0.15) is 0 Å². The van der Waals surface area contributed by atoms with Gasteiger partial charge in [-0.25, -0.2) is 0 Å². The van der Waals surface area contributed by atoms with Gasteiger partial charge in [0, 0.05) is 12.1 Å². The Bertz CT molecular complexity index is 194. The summed E-state index contributed by atoms with van der Waals surface area (Å²) in [6, 6.07) is 0. The fraction of sp³-hybridized carbons (Fsp3) is 0.909. The first-order valence-corrected chi connectivity index (χ1v) is 5.18. The van der Waals surface area contributed by atoms with Crippen molar-refractivity contribution < 1.29 is 0 Å². The minimum absolute atomic E-state index is 0.00465. The monoisotopic (exact) mass is 199 g/mol. The Labute approximate surface area is 88.2 Å². The number of hydrogen-bond donors (Lipinski definition) is 2. The van der Waals surface area contributed by atoms with Crippen LogP contribution >= 0.6 is 0 Å². The number of nitrogens with two attached hydrogens (primary N) is 1. The van der Waals surface area contributed by atoms with Crippen molar-refractivity contribution in [2.75, 3.05) is 6.54 Å². The summed E-state index contributed by atoms with van der Waals surface area (Å²) in [4.78, 5) is 4.28. The maximum Gasteiger partial charge on any atom is 0.188 e. The predicted molar refractivity (Wildman–Crippen MR) is 63.5 cm³/mol. The van der Waals surface area contributed by atoms with Crippen molar-refractivity contribution in [1.82, 2.24) is 5.32 Å². The molecule has 3 N–H and O–H groups in total. The second kappa shape index (κ2) is 4.67. The van der Waals surface area contributed by atoms with Crippen LogP contribution in [0.3, 0.4) is 0 Å². The van der Waals surface area contributed by atoms with E-state index < -0.39 is 0 Å². The van der Waals surface area contributed by atoms with Gasteiger partial charge in [0.25, 0.3) is 0 Å². The molecule has 0 amide bonds. The van der Waals surface area contributed by atoms with Crippen molar-refractivity contribution in [2.24, 2.45) is 16.1 Å². The van der Waals surface area contributed by atoms with Crippen LogP contribution in [0.2, 0.25) is 0 Å². The lowest BCUT2D eigenvalue weighted by Gasteiger charge is -2.21. The van der Waals surface area contributed by atoms with Crippen LogP contribution in [0, 0.1) is 5.41 Å². The maximum atomic E-state index is 5.73. The molecule has 0 aliphatic heterocycles. The van der Waals surface area contributed by atoms with Gasteiger partial charge in [-0.2, -0.15) is 0 Å². The van der Waals surface area contributed by atoms with Crippen molar-refractivity contribution in [3.63, 3.8) is 0 Å². The summed E-state index contributed by atoms with van der Waals surface area (Å²) in [6.45, 7) is 13.6. The van der Waals surface area contributed by atoms with Crippen LogP contribution in [0.4, 0.5) is 0 Å². The Morgan fingerprint density at radius 3 is 2.00 bits per heavy atom. The lowest BCUT2D eigenvalue weighted by molar-refractivity contribution is 0.384. The van der Waals surface area contributed by atoms with Gasteiger partial charge < -0.3 is 11.1 Å². The first-order chi connectivity index (χ1) is 6.10. The largest absolute Gasteiger partial charge is 0.370 e. The molecule has 0 atom stereocenters. The summed E-state index contributed by atoms with van der Waals surface area (Å²) in [5.41, 5.74) is 6.05. The quantitative estimate of drug-likeness (QED) is 0.529. The van der Waals surface area contributed by atoms with Crippen LogP contribution in [-0.2, 0) is 0 Å². The molecule has 0 fully saturated rings. The van der Waals surface area contributed by atoms with Crippen molar-refractivity contribution >= 4 is 5.96 Å². The van der Waals surface area contributed by atoms with E-state index in [1.54, 1.807) is 0 Å². The van der Waals surface area contributed by atoms with Crippen molar-refractivity contribution in [3.8, 4) is 0 Å². The molecule has 14 heavy (non-hydrogen) atoms. The van der Waals surface area contributed by atoms with E-state index in [1.165, 1.54) is 0 Å². The van der Waals surface area contributed by atoms with E-state index in [4.69, 9.17) is 5.73 Å².